The van der Waals surface area contributed by atoms with E-state index in [2.05, 4.69) is 86.7 Å². The molecule has 3 unspecified atom stereocenters. The third-order valence-corrected chi connectivity index (χ3v) is 12.6. The Kier molecular flexibility index (Phi) is 25.4. The zero-order valence-electron chi connectivity index (χ0n) is 46.4. The third-order valence-electron chi connectivity index (χ3n) is 12.6. The molecule has 0 aromatic carbocycles. The van der Waals surface area contributed by atoms with Crippen LogP contribution in [0.4, 0.5) is 35.3 Å². The second-order valence-electron chi connectivity index (χ2n) is 18.4. The summed E-state index contributed by atoms with van der Waals surface area (Å²) in [7, 11) is 4.71. The predicted molar refractivity (Wildman–Crippen MR) is 322 cm³/mol. The Bertz CT molecular complexity index is 3810. The van der Waals surface area contributed by atoms with Gasteiger partial charge in [0.1, 0.15) is 51.5 Å². The molecular weight excluding hydrogens is 1120 g/mol. The van der Waals surface area contributed by atoms with E-state index < -0.39 is 57.8 Å². The van der Waals surface area contributed by atoms with Crippen molar-refractivity contribution in [2.75, 3.05) is 87.0 Å². The number of nitrogens with two attached hydrogens (primary N) is 6. The fraction of sp³-hybridized carbons (Fsp3) is 0.479. The van der Waals surface area contributed by atoms with Gasteiger partial charge in [-0.25, -0.2) is 14.4 Å². The average Bonchev–Trinajstić information content (AvgIpc) is 1.64. The quantitative estimate of drug-likeness (QED) is 0.0125. The van der Waals surface area contributed by atoms with E-state index in [0.717, 1.165) is 17.4 Å². The maximum atomic E-state index is 12.3. The fourth-order valence-corrected chi connectivity index (χ4v) is 8.37. The molecule has 0 saturated carbocycles. The average molecular weight is 1190 g/mol. The first kappa shape index (κ1) is 67.5. The molecular formula is C48H74N26O11. The minimum Gasteiger partial charge on any atom is -0.480 e. The first-order valence-corrected chi connectivity index (χ1v) is 26.1. The summed E-state index contributed by atoms with van der Waals surface area (Å²) in [6, 6.07) is -2.05. The Balaban J connectivity index is 0.000000272. The van der Waals surface area contributed by atoms with E-state index in [9.17, 15) is 53.4 Å². The number of guanidine groups is 1. The van der Waals surface area contributed by atoms with E-state index in [1.807, 2.05) is 6.08 Å². The minimum absolute atomic E-state index is 0. The normalized spacial score (nSPS) is 12.6. The van der Waals surface area contributed by atoms with Crippen LogP contribution in [0.15, 0.2) is 50.5 Å². The van der Waals surface area contributed by atoms with Gasteiger partial charge >= 0.3 is 29.0 Å². The molecule has 3 atom stereocenters. The van der Waals surface area contributed by atoms with Gasteiger partial charge in [-0.05, 0) is 39.2 Å². The van der Waals surface area contributed by atoms with Gasteiger partial charge in [0, 0.05) is 91.7 Å². The van der Waals surface area contributed by atoms with Gasteiger partial charge in [0.15, 0.2) is 22.9 Å². The van der Waals surface area contributed by atoms with Crippen molar-refractivity contribution in [3.05, 3.63) is 74.3 Å². The lowest BCUT2D eigenvalue weighted by atomic mass is 10.1. The van der Waals surface area contributed by atoms with Crippen LogP contribution in [0.2, 0.25) is 0 Å². The second-order valence-corrected chi connectivity index (χ2v) is 18.4. The number of ketones is 1. The molecule has 0 bridgehead atoms. The monoisotopic (exact) mass is 1190 g/mol. The highest BCUT2D eigenvalue weighted by atomic mass is 16.4. The number of aromatic nitrogens is 12. The number of fused-ring (bicyclic) bond motifs is 3. The summed E-state index contributed by atoms with van der Waals surface area (Å²) in [5, 5.41) is 35.7. The van der Waals surface area contributed by atoms with Crippen LogP contribution < -0.4 is 100 Å². The zero-order valence-corrected chi connectivity index (χ0v) is 46.4. The lowest BCUT2D eigenvalue weighted by Crippen LogP contribution is -2.40. The number of carboxylic acid groups (broad SMARTS) is 2. The van der Waals surface area contributed by atoms with Crippen molar-refractivity contribution < 1.29 is 24.6 Å². The number of nitrogen functional groups attached to an aromatic ring is 3. The molecule has 6 aromatic heterocycles. The largest absolute Gasteiger partial charge is 0.480 e. The van der Waals surface area contributed by atoms with Crippen molar-refractivity contribution in [2.24, 2.45) is 27.2 Å². The Morgan fingerprint density at radius 2 is 1.00 bits per heavy atom. The van der Waals surface area contributed by atoms with E-state index >= 15 is 0 Å². The summed E-state index contributed by atoms with van der Waals surface area (Å²) >= 11 is 0. The van der Waals surface area contributed by atoms with Crippen LogP contribution in [0, 0.1) is 0 Å². The highest BCUT2D eigenvalue weighted by Gasteiger charge is 2.22. The molecule has 7 rings (SSSR count). The van der Waals surface area contributed by atoms with Crippen molar-refractivity contribution in [1.82, 2.24) is 74.5 Å². The molecule has 85 heavy (non-hydrogen) atoms. The molecule has 37 nitrogen and oxygen atoms in total. The van der Waals surface area contributed by atoms with Gasteiger partial charge in [0.05, 0.1) is 6.04 Å². The van der Waals surface area contributed by atoms with E-state index in [1.54, 1.807) is 27.4 Å². The molecule has 1 aliphatic rings. The topological polar surface area (TPSA) is 587 Å². The van der Waals surface area contributed by atoms with Gasteiger partial charge in [0.2, 0.25) is 17.8 Å². The summed E-state index contributed by atoms with van der Waals surface area (Å²) in [5.74, 6) is -2.19. The molecule has 37 heteroatoms. The molecule has 7 heterocycles. The number of nitrogens with zero attached hydrogens (tertiary/aromatic N) is 11. The number of aromatic amines is 3. The van der Waals surface area contributed by atoms with Crippen LogP contribution in [0.5, 0.6) is 0 Å². The van der Waals surface area contributed by atoms with Crippen LogP contribution in [0.1, 0.15) is 59.3 Å². The Morgan fingerprint density at radius 3 is 1.34 bits per heavy atom. The molecule has 0 radical (unpaired) electrons. The number of carboxylic acids is 2. The van der Waals surface area contributed by atoms with Crippen molar-refractivity contribution in [1.29, 1.82) is 0 Å². The van der Waals surface area contributed by atoms with Gasteiger partial charge in [-0.1, -0.05) is 19.9 Å². The summed E-state index contributed by atoms with van der Waals surface area (Å²) in [4.78, 5) is 147. The molecule has 0 saturated heterocycles. The predicted octanol–water partition coefficient (Wildman–Crippen LogP) is -4.49. The summed E-state index contributed by atoms with van der Waals surface area (Å²) in [6.45, 7) is 3.25. The van der Waals surface area contributed by atoms with Crippen LogP contribution in [0.3, 0.4) is 0 Å². The van der Waals surface area contributed by atoms with E-state index in [0.29, 0.717) is 44.6 Å². The number of anilines is 6. The Hall–Kier alpha value is -10.0. The summed E-state index contributed by atoms with van der Waals surface area (Å²) in [6.07, 6.45) is 7.57. The molecule has 0 spiro atoms. The van der Waals surface area contributed by atoms with Crippen LogP contribution >= 0.6 is 0 Å². The number of hydrogen-bond donors (Lipinski definition) is 17. The van der Waals surface area contributed by atoms with Crippen LogP contribution in [-0.2, 0) is 34.0 Å². The van der Waals surface area contributed by atoms with Crippen molar-refractivity contribution >= 4 is 98.3 Å². The van der Waals surface area contributed by atoms with Gasteiger partial charge in [-0.3, -0.25) is 67.4 Å². The lowest BCUT2D eigenvalue weighted by Gasteiger charge is -2.17. The maximum absolute atomic E-state index is 12.3. The zero-order chi connectivity index (χ0) is 61.8. The number of H-pyrrole nitrogens is 3. The van der Waals surface area contributed by atoms with Crippen molar-refractivity contribution in [3.63, 3.8) is 0 Å². The number of Topliss-reactive ketones (excluding diaryl/α,β-unsaturated/α-hetero) is 1. The Morgan fingerprint density at radius 1 is 0.612 bits per heavy atom. The molecule has 23 N–H and O–H groups in total. The maximum Gasteiger partial charge on any atom is 0.351 e. The number of allylic oxidation sites excluding steroid dienone is 1. The number of hydrogen-bond acceptors (Lipinski definition) is 27. The van der Waals surface area contributed by atoms with Crippen molar-refractivity contribution in [2.45, 2.75) is 97.1 Å². The van der Waals surface area contributed by atoms with Gasteiger partial charge < -0.3 is 76.5 Å². The van der Waals surface area contributed by atoms with Crippen LogP contribution in [-0.4, -0.2) is 171 Å². The first-order chi connectivity index (χ1) is 40.0. The van der Waals surface area contributed by atoms with E-state index in [1.165, 1.54) is 16.1 Å². The number of aliphatic carboxylic acids is 2. The molecule has 0 amide bonds. The smallest absolute Gasteiger partial charge is 0.351 e. The second kappa shape index (κ2) is 32.0. The van der Waals surface area contributed by atoms with E-state index in [-0.39, 0.29) is 139 Å². The molecule has 462 valence electrons. The van der Waals surface area contributed by atoms with Gasteiger partial charge in [-0.2, -0.15) is 29.9 Å². The number of carbonyl (C=O) groups excluding carboxylic acids is 1. The number of unbranched alkanes of at least 4 members (excludes halogenated alkanes) is 1. The highest BCUT2D eigenvalue weighted by Crippen LogP contribution is 2.16. The molecule has 1 aliphatic heterocycles. The first-order valence-electron chi connectivity index (χ1n) is 26.1. The number of carbonyl (C=O) groups is 3. The lowest BCUT2D eigenvalue weighted by molar-refractivity contribution is -0.140. The number of rotatable bonds is 28. The summed E-state index contributed by atoms with van der Waals surface area (Å²) in [5.41, 5.74) is 30.5. The number of aliphatic imine (C=N–C) groups is 2. The SMILES string of the molecule is C.CNc1nc2c(c(N)nc(=O)n2CCNC(CC2=CCC=N2)C(=O)O)c(=O)[nH]1.CNc1nc2c(c(N)nc(=O)n2CCNC(CCCCN)C(C)=O)c(=O)[nH]1.CNc1nc2c(c(N)nc(=O)n2CCNC(CCCN=C(N)N)C(=O)O)c(=O)[nH]1. The van der Waals surface area contributed by atoms with Gasteiger partial charge in [0.25, 0.3) is 16.7 Å². The number of nitrogens with one attached hydrogen (secondary N) is 9. The minimum atomic E-state index is -1.05. The van der Waals surface area contributed by atoms with Crippen molar-refractivity contribution in [3.8, 4) is 0 Å². The third kappa shape index (κ3) is 18.2. The summed E-state index contributed by atoms with van der Waals surface area (Å²) < 4.78 is 3.61. The van der Waals surface area contributed by atoms with E-state index in [4.69, 9.17) is 34.4 Å². The molecule has 0 aliphatic carbocycles. The molecule has 6 aromatic rings. The van der Waals surface area contributed by atoms with Crippen LogP contribution in [0.25, 0.3) is 33.1 Å². The standard InChI is InChI=1S/C16H20N8O4.C16H26N8O3.C15H24N10O4.CH4/c1-18-15-22-12-10(13(25)23-15)11(17)21-16(28)24(12)6-5-20-9(14(26)27)7-8-3-2-4-19-8;1-9(25)10(5-3-4-6-17)20-7-8-24-13-11(12(18)21-16(24)27)14(26)23-15(19-2)22-13;1-19-14-23-10-8(11(26)24-14)9(16)22-15(29)25(10)6-5-20-7(12(27)28)3-2-4-21-13(17)18;/h3-4,9,20H,2,5-7H2,1H3,(H,26,27)(H2,17,21,28)(H2,18,22,23,25);10,20H,3-8,17H2,1-2H3,(H2,18,21,27)(H2,19,22,23,26);7,20H,2-6H2,1H3,(H,27,28)(H2,16,22,29)(H4,17,18,21)(H2,19,23,24,26);1H4. The fourth-order valence-electron chi connectivity index (χ4n) is 8.37. The molecule has 0 fully saturated rings. The van der Waals surface area contributed by atoms with Gasteiger partial charge in [-0.15, -0.1) is 0 Å². The highest BCUT2D eigenvalue weighted by molar-refractivity contribution is 5.87. The Labute approximate surface area is 481 Å².